The summed E-state index contributed by atoms with van der Waals surface area (Å²) in [5.74, 6) is -0.353. The van der Waals surface area contributed by atoms with Gasteiger partial charge in [-0.1, -0.05) is 42.5 Å². The van der Waals surface area contributed by atoms with E-state index in [2.05, 4.69) is 9.88 Å². The Balaban J connectivity index is 1.15. The number of ether oxygens (including phenoxy) is 1. The number of carbonyl (C=O) groups is 2. The summed E-state index contributed by atoms with van der Waals surface area (Å²) in [7, 11) is 0. The van der Waals surface area contributed by atoms with Gasteiger partial charge in [0.05, 0.1) is 23.8 Å². The van der Waals surface area contributed by atoms with Gasteiger partial charge in [-0.15, -0.1) is 0 Å². The second-order valence-corrected chi connectivity index (χ2v) is 13.9. The zero-order valence-corrected chi connectivity index (χ0v) is 27.7. The van der Waals surface area contributed by atoms with Crippen molar-refractivity contribution in [1.29, 1.82) is 0 Å². The van der Waals surface area contributed by atoms with Crippen molar-refractivity contribution in [2.45, 2.75) is 64.5 Å². The fourth-order valence-electron chi connectivity index (χ4n) is 6.85. The minimum Gasteiger partial charge on any atom is -0.444 e. The van der Waals surface area contributed by atoms with E-state index in [0.717, 1.165) is 23.4 Å². The molecule has 2 aromatic carbocycles. The number of ketones is 1. The Morgan fingerprint density at radius 1 is 0.896 bits per heavy atom. The average molecular weight is 656 g/mol. The molecule has 4 aromatic rings. The number of Topliss-reactive ketones (excluding diaryl/α,β-unsaturated/α-hetero) is 1. The first-order valence-corrected chi connectivity index (χ1v) is 16.7. The van der Waals surface area contributed by atoms with E-state index in [0.29, 0.717) is 70.5 Å². The molecule has 6 rings (SSSR count). The van der Waals surface area contributed by atoms with Gasteiger partial charge in [-0.3, -0.25) is 19.1 Å². The topological polar surface area (TPSA) is 107 Å². The van der Waals surface area contributed by atoms with Crippen LogP contribution in [0.15, 0.2) is 76.4 Å². The Kier molecular flexibility index (Phi) is 9.59. The SMILES string of the molecule is CC(C)(C)OC(=O)N1CCN(CC(=O)CC2CCC(n3c(=O)c4cc(F)cnc4n(-c4cccc(-c5ccccc5)c4)c3=O)CC2)CC1. The number of hydrogen-bond acceptors (Lipinski definition) is 7. The molecule has 1 saturated heterocycles. The van der Waals surface area contributed by atoms with E-state index in [9.17, 15) is 23.6 Å². The Morgan fingerprint density at radius 2 is 1.58 bits per heavy atom. The lowest BCUT2D eigenvalue weighted by Crippen LogP contribution is -2.51. The number of piperazine rings is 1. The lowest BCUT2D eigenvalue weighted by atomic mass is 9.83. The van der Waals surface area contributed by atoms with Crippen molar-refractivity contribution < 1.29 is 18.7 Å². The highest BCUT2D eigenvalue weighted by atomic mass is 19.1. The minimum absolute atomic E-state index is 0.0452. The lowest BCUT2D eigenvalue weighted by Gasteiger charge is -2.35. The smallest absolute Gasteiger partial charge is 0.410 e. The molecule has 10 nitrogen and oxygen atoms in total. The molecule has 1 amide bonds. The maximum atomic E-state index is 14.4. The number of benzene rings is 2. The van der Waals surface area contributed by atoms with Crippen LogP contribution in [-0.4, -0.2) is 74.1 Å². The van der Waals surface area contributed by atoms with Gasteiger partial charge >= 0.3 is 11.8 Å². The number of carbonyl (C=O) groups excluding carboxylic acids is 2. The third-order valence-corrected chi connectivity index (χ3v) is 9.22. The molecule has 0 atom stereocenters. The number of nitrogens with zero attached hydrogens (tertiary/aromatic N) is 5. The molecular weight excluding hydrogens is 613 g/mol. The van der Waals surface area contributed by atoms with Crippen LogP contribution in [0.2, 0.25) is 0 Å². The highest BCUT2D eigenvalue weighted by Crippen LogP contribution is 2.33. The van der Waals surface area contributed by atoms with E-state index in [1.807, 2.05) is 69.3 Å². The maximum absolute atomic E-state index is 14.4. The fraction of sp³-hybridized carbons (Fsp3) is 0.432. The standard InChI is InChI=1S/C37H42FN5O5/c1-37(2,3)48-36(47)41-18-16-40(17-19-41)24-31(44)20-25-12-14-29(15-13-25)43-34(45)32-22-28(38)23-39-33(32)42(35(43)46)30-11-7-10-27(21-30)26-8-5-4-6-9-26/h4-11,21-23,25,29H,12-20,24H2,1-3H3. The van der Waals surface area contributed by atoms with Crippen LogP contribution < -0.4 is 11.2 Å². The second kappa shape index (κ2) is 13.8. The normalized spacial score (nSPS) is 19.0. The molecule has 1 aliphatic heterocycles. The van der Waals surface area contributed by atoms with Crippen LogP contribution in [0.5, 0.6) is 0 Å². The molecule has 0 unspecified atom stereocenters. The third kappa shape index (κ3) is 7.41. The van der Waals surface area contributed by atoms with Crippen LogP contribution in [0.1, 0.15) is 58.9 Å². The highest BCUT2D eigenvalue weighted by Gasteiger charge is 2.30. The van der Waals surface area contributed by atoms with E-state index in [1.165, 1.54) is 9.13 Å². The largest absolute Gasteiger partial charge is 0.444 e. The van der Waals surface area contributed by atoms with Crippen molar-refractivity contribution in [3.05, 3.63) is 93.5 Å². The highest BCUT2D eigenvalue weighted by molar-refractivity contribution is 5.81. The molecular formula is C37H42FN5O5. The van der Waals surface area contributed by atoms with Gasteiger partial charge in [0.1, 0.15) is 17.2 Å². The number of halogens is 1. The zero-order chi connectivity index (χ0) is 34.0. The number of aromatic nitrogens is 3. The van der Waals surface area contributed by atoms with Gasteiger partial charge in [0.25, 0.3) is 5.56 Å². The van der Waals surface area contributed by atoms with Crippen LogP contribution in [0, 0.1) is 11.7 Å². The average Bonchev–Trinajstić information content (AvgIpc) is 3.06. The van der Waals surface area contributed by atoms with Gasteiger partial charge in [-0.25, -0.2) is 23.5 Å². The Morgan fingerprint density at radius 3 is 2.27 bits per heavy atom. The van der Waals surface area contributed by atoms with Crippen LogP contribution in [0.3, 0.4) is 0 Å². The number of fused-ring (bicyclic) bond motifs is 1. The summed E-state index contributed by atoms with van der Waals surface area (Å²) in [6, 6.07) is 18.0. The summed E-state index contributed by atoms with van der Waals surface area (Å²) in [6.45, 7) is 8.10. The summed E-state index contributed by atoms with van der Waals surface area (Å²) in [5, 5.41) is 0.0452. The third-order valence-electron chi connectivity index (χ3n) is 9.22. The first-order valence-electron chi connectivity index (χ1n) is 16.7. The number of amides is 1. The molecule has 48 heavy (non-hydrogen) atoms. The number of rotatable bonds is 7. The molecule has 0 N–H and O–H groups in total. The molecule has 2 fully saturated rings. The molecule has 1 saturated carbocycles. The van der Waals surface area contributed by atoms with Gasteiger partial charge in [0.2, 0.25) is 0 Å². The molecule has 2 aromatic heterocycles. The molecule has 252 valence electrons. The summed E-state index contributed by atoms with van der Waals surface area (Å²) < 4.78 is 22.5. The second-order valence-electron chi connectivity index (χ2n) is 13.9. The summed E-state index contributed by atoms with van der Waals surface area (Å²) >= 11 is 0. The maximum Gasteiger partial charge on any atom is 0.410 e. The van der Waals surface area contributed by atoms with Gasteiger partial charge < -0.3 is 9.64 Å². The summed E-state index contributed by atoms with van der Waals surface area (Å²) in [5.41, 5.74) is 0.891. The van der Waals surface area contributed by atoms with Crippen LogP contribution in [0.25, 0.3) is 27.8 Å². The first kappa shape index (κ1) is 33.3. The van der Waals surface area contributed by atoms with Crippen molar-refractivity contribution >= 4 is 22.9 Å². The van der Waals surface area contributed by atoms with E-state index in [4.69, 9.17) is 4.74 Å². The van der Waals surface area contributed by atoms with Gasteiger partial charge in [-0.05, 0) is 81.7 Å². The fourth-order valence-corrected chi connectivity index (χ4v) is 6.85. The van der Waals surface area contributed by atoms with Crippen molar-refractivity contribution in [3.8, 4) is 16.8 Å². The zero-order valence-electron chi connectivity index (χ0n) is 27.7. The first-order chi connectivity index (χ1) is 23.0. The van der Waals surface area contributed by atoms with E-state index < -0.39 is 22.7 Å². The van der Waals surface area contributed by atoms with Crippen LogP contribution >= 0.6 is 0 Å². The molecule has 0 spiro atoms. The van der Waals surface area contributed by atoms with Gasteiger partial charge in [-0.2, -0.15) is 0 Å². The van der Waals surface area contributed by atoms with Crippen molar-refractivity contribution in [3.63, 3.8) is 0 Å². The van der Waals surface area contributed by atoms with Crippen LogP contribution in [-0.2, 0) is 9.53 Å². The van der Waals surface area contributed by atoms with Gasteiger partial charge in [0, 0.05) is 38.6 Å². The van der Waals surface area contributed by atoms with Crippen LogP contribution in [0.4, 0.5) is 9.18 Å². The molecule has 1 aliphatic carbocycles. The molecule has 0 bridgehead atoms. The molecule has 11 heteroatoms. The summed E-state index contributed by atoms with van der Waals surface area (Å²) in [4.78, 5) is 61.3. The Bertz CT molecular complexity index is 1920. The minimum atomic E-state index is -0.650. The Hall–Kier alpha value is -4.64. The lowest BCUT2D eigenvalue weighted by molar-refractivity contribution is -0.121. The predicted molar refractivity (Wildman–Crippen MR) is 182 cm³/mol. The van der Waals surface area contributed by atoms with Crippen molar-refractivity contribution in [1.82, 2.24) is 23.9 Å². The molecule has 2 aliphatic rings. The quantitative estimate of drug-likeness (QED) is 0.255. The van der Waals surface area contributed by atoms with Crippen molar-refractivity contribution in [2.24, 2.45) is 5.92 Å². The van der Waals surface area contributed by atoms with E-state index >= 15 is 0 Å². The molecule has 3 heterocycles. The number of hydrogen-bond donors (Lipinski definition) is 0. The number of pyridine rings is 1. The van der Waals surface area contributed by atoms with Gasteiger partial charge in [0.15, 0.2) is 5.65 Å². The van der Waals surface area contributed by atoms with E-state index in [1.54, 1.807) is 11.0 Å². The molecule has 0 radical (unpaired) electrons. The predicted octanol–water partition coefficient (Wildman–Crippen LogP) is 5.60. The van der Waals surface area contributed by atoms with E-state index in [-0.39, 0.29) is 34.9 Å². The Labute approximate surface area is 278 Å². The monoisotopic (exact) mass is 655 g/mol. The summed E-state index contributed by atoms with van der Waals surface area (Å²) in [6.07, 6.45) is 3.61. The van der Waals surface area contributed by atoms with Crippen molar-refractivity contribution in [2.75, 3.05) is 32.7 Å².